The predicted octanol–water partition coefficient (Wildman–Crippen LogP) is 3.57. The average molecular weight is 462 g/mol. The number of hydrogen-bond donors (Lipinski definition) is 1. The van der Waals surface area contributed by atoms with Gasteiger partial charge in [0.1, 0.15) is 14.9 Å². The van der Waals surface area contributed by atoms with E-state index in [4.69, 9.17) is 15.2 Å². The van der Waals surface area contributed by atoms with Crippen LogP contribution < -0.4 is 5.73 Å². The van der Waals surface area contributed by atoms with Gasteiger partial charge in [0.25, 0.3) is 0 Å². The van der Waals surface area contributed by atoms with Crippen LogP contribution in [-0.4, -0.2) is 45.1 Å². The summed E-state index contributed by atoms with van der Waals surface area (Å²) in [6.07, 6.45) is 0. The van der Waals surface area contributed by atoms with Gasteiger partial charge in [0, 0.05) is 17.0 Å². The number of rotatable bonds is 8. The van der Waals surface area contributed by atoms with Crippen LogP contribution in [0.5, 0.6) is 0 Å². The molecule has 3 aromatic heterocycles. The molecule has 0 spiro atoms. The number of ether oxygens (including phenoxy) is 2. The van der Waals surface area contributed by atoms with Crippen LogP contribution in [0.15, 0.2) is 23.2 Å². The van der Waals surface area contributed by atoms with Gasteiger partial charge in [0.2, 0.25) is 0 Å². The molecular formula is C20H23N5O4S2. The minimum Gasteiger partial charge on any atom is -0.462 e. The maximum atomic E-state index is 12.4. The Morgan fingerprint density at radius 2 is 1.84 bits per heavy atom. The minimum atomic E-state index is -0.562. The Balaban J connectivity index is 1.85. The molecule has 0 atom stereocenters. The normalized spacial score (nSPS) is 10.8. The first kappa shape index (κ1) is 22.8. The van der Waals surface area contributed by atoms with Crippen LogP contribution in [0.3, 0.4) is 0 Å². The number of aromatic nitrogens is 4. The number of nitrogens with zero attached hydrogens (tertiary/aromatic N) is 4. The molecule has 0 aromatic carbocycles. The molecule has 0 unspecified atom stereocenters. The van der Waals surface area contributed by atoms with Crippen molar-refractivity contribution in [1.82, 2.24) is 20.0 Å². The number of aryl methyl sites for hydroxylation is 2. The Labute approximate surface area is 187 Å². The highest BCUT2D eigenvalue weighted by atomic mass is 32.2. The molecule has 9 nitrogen and oxygen atoms in total. The van der Waals surface area contributed by atoms with E-state index < -0.39 is 11.9 Å². The summed E-state index contributed by atoms with van der Waals surface area (Å²) in [7, 11) is 0. The van der Waals surface area contributed by atoms with Crippen molar-refractivity contribution in [3.05, 3.63) is 45.6 Å². The lowest BCUT2D eigenvalue weighted by molar-refractivity contribution is 0.0527. The van der Waals surface area contributed by atoms with E-state index in [0.29, 0.717) is 21.3 Å². The molecule has 0 saturated carbocycles. The van der Waals surface area contributed by atoms with Gasteiger partial charge in [-0.05, 0) is 45.9 Å². The Morgan fingerprint density at radius 3 is 2.42 bits per heavy atom. The van der Waals surface area contributed by atoms with Crippen molar-refractivity contribution in [2.45, 2.75) is 38.5 Å². The van der Waals surface area contributed by atoms with Crippen molar-refractivity contribution >= 4 is 40.0 Å². The number of carbonyl (C=O) groups is 2. The first-order valence-electron chi connectivity index (χ1n) is 9.61. The largest absolute Gasteiger partial charge is 0.462 e. The first-order valence-corrected chi connectivity index (χ1v) is 11.4. The molecule has 0 aliphatic carbocycles. The summed E-state index contributed by atoms with van der Waals surface area (Å²) in [6.45, 7) is 7.71. The number of nitrogen functional groups attached to an aromatic ring is 1. The van der Waals surface area contributed by atoms with Crippen LogP contribution in [0.25, 0.3) is 5.82 Å². The summed E-state index contributed by atoms with van der Waals surface area (Å²) in [4.78, 5) is 25.1. The monoisotopic (exact) mass is 461 g/mol. The molecular weight excluding hydrogens is 438 g/mol. The number of esters is 2. The Morgan fingerprint density at radius 1 is 1.13 bits per heavy atom. The van der Waals surface area contributed by atoms with Gasteiger partial charge in [0.15, 0.2) is 5.82 Å². The fourth-order valence-electron chi connectivity index (χ4n) is 2.92. The van der Waals surface area contributed by atoms with Crippen LogP contribution in [0.4, 0.5) is 5.00 Å². The number of anilines is 1. The minimum absolute atomic E-state index is 0.203. The molecule has 0 saturated heterocycles. The number of thioether (sulfide) groups is 1. The van der Waals surface area contributed by atoms with Gasteiger partial charge >= 0.3 is 11.9 Å². The molecule has 3 rings (SSSR count). The molecule has 0 aliphatic rings. The summed E-state index contributed by atoms with van der Waals surface area (Å²) in [5, 5.41) is 13.7. The molecule has 2 N–H and O–H groups in total. The van der Waals surface area contributed by atoms with E-state index in [2.05, 4.69) is 15.3 Å². The fraction of sp³-hybridized carbons (Fsp3) is 0.350. The predicted molar refractivity (Wildman–Crippen MR) is 119 cm³/mol. The summed E-state index contributed by atoms with van der Waals surface area (Å²) in [5.41, 5.74) is 8.58. The Bertz CT molecular complexity index is 1090. The van der Waals surface area contributed by atoms with E-state index in [1.54, 1.807) is 18.5 Å². The van der Waals surface area contributed by atoms with Crippen LogP contribution >= 0.6 is 23.1 Å². The van der Waals surface area contributed by atoms with Crippen molar-refractivity contribution in [2.24, 2.45) is 0 Å². The lowest BCUT2D eigenvalue weighted by Gasteiger charge is -2.08. The van der Waals surface area contributed by atoms with Gasteiger partial charge in [-0.3, -0.25) is 0 Å². The fourth-order valence-corrected chi connectivity index (χ4v) is 4.82. The lowest BCUT2D eigenvalue weighted by Crippen LogP contribution is -2.11. The molecule has 0 bridgehead atoms. The third-order valence-corrected chi connectivity index (χ3v) is 6.18. The summed E-state index contributed by atoms with van der Waals surface area (Å²) < 4.78 is 12.0. The third-order valence-electron chi connectivity index (χ3n) is 4.19. The van der Waals surface area contributed by atoms with Crippen LogP contribution in [0.2, 0.25) is 0 Å². The lowest BCUT2D eigenvalue weighted by atomic mass is 10.1. The molecule has 164 valence electrons. The standard InChI is InChI=1S/C20H23N5O4S2/c1-5-28-19(26)16-13(17(31-18(16)21)20(27)29-6-2)10-30-15-8-7-14(22-23-15)25-12(4)9-11(3)24-25/h7-9H,5-6,10,21H2,1-4H3. The molecule has 0 aliphatic heterocycles. The molecule has 31 heavy (non-hydrogen) atoms. The maximum absolute atomic E-state index is 12.4. The zero-order valence-corrected chi connectivity index (χ0v) is 19.3. The van der Waals surface area contributed by atoms with E-state index in [-0.39, 0.29) is 29.5 Å². The Hall–Kier alpha value is -2.92. The summed E-state index contributed by atoms with van der Waals surface area (Å²) >= 11 is 2.36. The number of nitrogens with two attached hydrogens (primary N) is 1. The number of thiophene rings is 1. The zero-order chi connectivity index (χ0) is 22.5. The first-order chi connectivity index (χ1) is 14.8. The SMILES string of the molecule is CCOC(=O)c1sc(N)c(C(=O)OCC)c1CSc1ccc(-n2nc(C)cc2C)nn1. The molecule has 0 amide bonds. The summed E-state index contributed by atoms with van der Waals surface area (Å²) in [6, 6.07) is 5.58. The van der Waals surface area contributed by atoms with Gasteiger partial charge < -0.3 is 15.2 Å². The van der Waals surface area contributed by atoms with Gasteiger partial charge in [-0.15, -0.1) is 21.5 Å². The molecule has 0 radical (unpaired) electrons. The molecule has 3 heterocycles. The quantitative estimate of drug-likeness (QED) is 0.396. The summed E-state index contributed by atoms with van der Waals surface area (Å²) in [5.74, 6) is -0.192. The number of carbonyl (C=O) groups excluding carboxylic acids is 2. The highest BCUT2D eigenvalue weighted by molar-refractivity contribution is 7.98. The second kappa shape index (κ2) is 9.92. The zero-order valence-electron chi connectivity index (χ0n) is 17.7. The van der Waals surface area contributed by atoms with Crippen molar-refractivity contribution in [3.8, 4) is 5.82 Å². The van der Waals surface area contributed by atoms with Crippen molar-refractivity contribution < 1.29 is 19.1 Å². The highest BCUT2D eigenvalue weighted by Crippen LogP contribution is 2.36. The third kappa shape index (κ3) is 5.05. The van der Waals surface area contributed by atoms with E-state index in [1.165, 1.54) is 11.8 Å². The van der Waals surface area contributed by atoms with Crippen LogP contribution in [0.1, 0.15) is 50.8 Å². The van der Waals surface area contributed by atoms with E-state index in [0.717, 1.165) is 22.7 Å². The molecule has 11 heteroatoms. The second-order valence-electron chi connectivity index (χ2n) is 6.45. The molecule has 0 fully saturated rings. The maximum Gasteiger partial charge on any atom is 0.348 e. The van der Waals surface area contributed by atoms with Crippen molar-refractivity contribution in [2.75, 3.05) is 18.9 Å². The number of hydrogen-bond acceptors (Lipinski definition) is 10. The van der Waals surface area contributed by atoms with Crippen molar-refractivity contribution in [1.29, 1.82) is 0 Å². The average Bonchev–Trinajstić information content (AvgIpc) is 3.25. The van der Waals surface area contributed by atoms with Gasteiger partial charge in [-0.25, -0.2) is 14.3 Å². The molecule has 3 aromatic rings. The van der Waals surface area contributed by atoms with Gasteiger partial charge in [-0.2, -0.15) is 5.10 Å². The van der Waals surface area contributed by atoms with E-state index in [9.17, 15) is 9.59 Å². The van der Waals surface area contributed by atoms with E-state index >= 15 is 0 Å². The van der Waals surface area contributed by atoms with Gasteiger partial charge in [-0.1, -0.05) is 11.8 Å². The smallest absolute Gasteiger partial charge is 0.348 e. The van der Waals surface area contributed by atoms with Crippen LogP contribution in [-0.2, 0) is 15.2 Å². The van der Waals surface area contributed by atoms with Gasteiger partial charge in [0.05, 0.1) is 24.5 Å². The second-order valence-corrected chi connectivity index (χ2v) is 8.50. The topological polar surface area (TPSA) is 122 Å². The van der Waals surface area contributed by atoms with E-state index in [1.807, 2.05) is 32.0 Å². The highest BCUT2D eigenvalue weighted by Gasteiger charge is 2.27. The van der Waals surface area contributed by atoms with Crippen LogP contribution in [0, 0.1) is 13.8 Å². The van der Waals surface area contributed by atoms with Crippen molar-refractivity contribution in [3.63, 3.8) is 0 Å². The Kier molecular flexibility index (Phi) is 7.29.